The van der Waals surface area contributed by atoms with Crippen LogP contribution in [0.4, 0.5) is 0 Å². The smallest absolute Gasteiger partial charge is 0.492 e. The highest BCUT2D eigenvalue weighted by molar-refractivity contribution is 6.55. The summed E-state index contributed by atoms with van der Waals surface area (Å²) < 4.78 is 11.8. The topological polar surface area (TPSA) is 58.9 Å². The molecular formula is C15H20BClO4. The highest BCUT2D eigenvalue weighted by atomic mass is 35.5. The van der Waals surface area contributed by atoms with Crippen molar-refractivity contribution < 1.29 is 19.5 Å². The van der Waals surface area contributed by atoms with Gasteiger partial charge in [-0.05, 0) is 56.9 Å². The monoisotopic (exact) mass is 310 g/mol. The Morgan fingerprint density at radius 3 is 2.24 bits per heavy atom. The molecule has 1 aliphatic heterocycles. The van der Waals surface area contributed by atoms with Crippen molar-refractivity contribution in [1.82, 2.24) is 0 Å². The van der Waals surface area contributed by atoms with Gasteiger partial charge in [-0.25, -0.2) is 0 Å². The maximum absolute atomic E-state index is 9.60. The van der Waals surface area contributed by atoms with Crippen LogP contribution >= 0.6 is 11.6 Å². The Balaban J connectivity index is 2.30. The summed E-state index contributed by atoms with van der Waals surface area (Å²) >= 11 is 5.91. The van der Waals surface area contributed by atoms with E-state index in [1.807, 2.05) is 27.7 Å². The first-order valence-electron chi connectivity index (χ1n) is 6.81. The lowest BCUT2D eigenvalue weighted by atomic mass is 9.77. The first-order chi connectivity index (χ1) is 9.64. The number of hydrogen-bond acceptors (Lipinski definition) is 4. The standard InChI is InChI=1S/C15H20BClO4/c1-14(2)15(3,4)21-16(20-14)11(9-18)5-10-6-12(17)8-13(19)7-10/h5-8,18-19H,9H2,1-4H3. The van der Waals surface area contributed by atoms with Crippen molar-refractivity contribution in [3.05, 3.63) is 34.3 Å². The molecule has 4 nitrogen and oxygen atoms in total. The number of hydrogen-bond donors (Lipinski definition) is 2. The molecule has 2 N–H and O–H groups in total. The summed E-state index contributed by atoms with van der Waals surface area (Å²) in [6.07, 6.45) is 1.72. The molecule has 0 aromatic heterocycles. The van der Waals surface area contributed by atoms with Crippen molar-refractivity contribution in [3.63, 3.8) is 0 Å². The van der Waals surface area contributed by atoms with Crippen LogP contribution in [-0.2, 0) is 9.31 Å². The van der Waals surface area contributed by atoms with Crippen LogP contribution in [0.1, 0.15) is 33.3 Å². The van der Waals surface area contributed by atoms with Gasteiger partial charge >= 0.3 is 7.12 Å². The van der Waals surface area contributed by atoms with Gasteiger partial charge in [-0.15, -0.1) is 0 Å². The molecule has 0 saturated carbocycles. The number of phenols is 1. The van der Waals surface area contributed by atoms with E-state index >= 15 is 0 Å². The van der Waals surface area contributed by atoms with Crippen LogP contribution in [0, 0.1) is 0 Å². The van der Waals surface area contributed by atoms with Gasteiger partial charge < -0.3 is 19.5 Å². The lowest BCUT2D eigenvalue weighted by Gasteiger charge is -2.32. The van der Waals surface area contributed by atoms with Gasteiger partial charge in [0.05, 0.1) is 17.8 Å². The number of benzene rings is 1. The summed E-state index contributed by atoms with van der Waals surface area (Å²) in [5.74, 6) is 0.0694. The Morgan fingerprint density at radius 2 is 1.76 bits per heavy atom. The van der Waals surface area contributed by atoms with Gasteiger partial charge in [0.15, 0.2) is 0 Å². The zero-order valence-electron chi connectivity index (χ0n) is 12.7. The van der Waals surface area contributed by atoms with Gasteiger partial charge in [0, 0.05) is 5.02 Å². The quantitative estimate of drug-likeness (QED) is 0.843. The Bertz CT molecular complexity index is 533. The second-order valence-electron chi connectivity index (χ2n) is 6.21. The van der Waals surface area contributed by atoms with E-state index in [0.717, 1.165) is 0 Å². The average Bonchev–Trinajstić information content (AvgIpc) is 2.54. The molecule has 0 spiro atoms. The second-order valence-corrected chi connectivity index (χ2v) is 6.64. The maximum atomic E-state index is 9.60. The fraction of sp³-hybridized carbons (Fsp3) is 0.467. The molecule has 0 bridgehead atoms. The minimum absolute atomic E-state index is 0.0694. The van der Waals surface area contributed by atoms with Crippen LogP contribution in [0.2, 0.25) is 5.02 Å². The average molecular weight is 311 g/mol. The summed E-state index contributed by atoms with van der Waals surface area (Å²) in [6.45, 7) is 7.60. The summed E-state index contributed by atoms with van der Waals surface area (Å²) in [5, 5.41) is 19.6. The zero-order chi connectivity index (χ0) is 15.8. The van der Waals surface area contributed by atoms with E-state index in [0.29, 0.717) is 16.1 Å². The summed E-state index contributed by atoms with van der Waals surface area (Å²) in [5.41, 5.74) is 0.319. The first-order valence-corrected chi connectivity index (χ1v) is 7.19. The number of aromatic hydroxyl groups is 1. The van der Waals surface area contributed by atoms with E-state index in [-0.39, 0.29) is 12.4 Å². The third-order valence-electron chi connectivity index (χ3n) is 4.00. The fourth-order valence-electron chi connectivity index (χ4n) is 2.08. The second kappa shape index (κ2) is 5.65. The SMILES string of the molecule is CC1(C)OB(C(=Cc2cc(O)cc(Cl)c2)CO)OC1(C)C. The van der Waals surface area contributed by atoms with Crippen LogP contribution in [0.3, 0.4) is 0 Å². The van der Waals surface area contributed by atoms with E-state index < -0.39 is 18.3 Å². The number of halogens is 1. The third kappa shape index (κ3) is 3.43. The van der Waals surface area contributed by atoms with E-state index in [1.165, 1.54) is 6.07 Å². The normalized spacial score (nSPS) is 20.9. The van der Waals surface area contributed by atoms with E-state index in [1.54, 1.807) is 18.2 Å². The van der Waals surface area contributed by atoms with Crippen molar-refractivity contribution in [3.8, 4) is 5.75 Å². The lowest BCUT2D eigenvalue weighted by Crippen LogP contribution is -2.41. The molecule has 0 amide bonds. The molecule has 6 heteroatoms. The van der Waals surface area contributed by atoms with Gasteiger partial charge in [0.25, 0.3) is 0 Å². The van der Waals surface area contributed by atoms with Crippen molar-refractivity contribution in [1.29, 1.82) is 0 Å². The molecule has 0 unspecified atom stereocenters. The molecule has 1 fully saturated rings. The fourth-order valence-corrected chi connectivity index (χ4v) is 2.31. The molecule has 2 rings (SSSR count). The van der Waals surface area contributed by atoms with Gasteiger partial charge in [0.2, 0.25) is 0 Å². The van der Waals surface area contributed by atoms with Crippen LogP contribution in [0.25, 0.3) is 6.08 Å². The summed E-state index contributed by atoms with van der Waals surface area (Å²) in [7, 11) is -0.624. The third-order valence-corrected chi connectivity index (χ3v) is 4.21. The van der Waals surface area contributed by atoms with E-state index in [4.69, 9.17) is 20.9 Å². The van der Waals surface area contributed by atoms with Crippen LogP contribution in [-0.4, -0.2) is 35.1 Å². The highest BCUT2D eigenvalue weighted by Crippen LogP contribution is 2.38. The lowest BCUT2D eigenvalue weighted by molar-refractivity contribution is 0.00578. The van der Waals surface area contributed by atoms with Crippen molar-refractivity contribution in [2.45, 2.75) is 38.9 Å². The Kier molecular flexibility index (Phi) is 4.40. The van der Waals surface area contributed by atoms with Gasteiger partial charge in [-0.2, -0.15) is 0 Å². The van der Waals surface area contributed by atoms with E-state index in [2.05, 4.69) is 0 Å². The highest BCUT2D eigenvalue weighted by Gasteiger charge is 2.52. The number of aliphatic hydroxyl groups excluding tert-OH is 1. The molecule has 0 radical (unpaired) electrons. The predicted molar refractivity (Wildman–Crippen MR) is 84.3 cm³/mol. The zero-order valence-corrected chi connectivity index (χ0v) is 13.4. The largest absolute Gasteiger partial charge is 0.508 e. The molecule has 1 saturated heterocycles. The van der Waals surface area contributed by atoms with Crippen LogP contribution < -0.4 is 0 Å². The molecule has 0 atom stereocenters. The van der Waals surface area contributed by atoms with Crippen molar-refractivity contribution in [2.75, 3.05) is 6.61 Å². The Morgan fingerprint density at radius 1 is 1.19 bits per heavy atom. The molecule has 114 valence electrons. The molecule has 1 heterocycles. The number of rotatable bonds is 3. The molecule has 1 aliphatic rings. The first kappa shape index (κ1) is 16.4. The van der Waals surface area contributed by atoms with Gasteiger partial charge in [-0.1, -0.05) is 17.7 Å². The van der Waals surface area contributed by atoms with Crippen molar-refractivity contribution >= 4 is 24.8 Å². The van der Waals surface area contributed by atoms with Crippen LogP contribution in [0.5, 0.6) is 5.75 Å². The Labute approximate surface area is 130 Å². The molecular weight excluding hydrogens is 290 g/mol. The summed E-state index contributed by atoms with van der Waals surface area (Å²) in [4.78, 5) is 0. The molecule has 1 aromatic rings. The van der Waals surface area contributed by atoms with Gasteiger partial charge in [-0.3, -0.25) is 0 Å². The number of phenolic OH excluding ortho intramolecular Hbond substituents is 1. The summed E-state index contributed by atoms with van der Waals surface area (Å²) in [6, 6.07) is 4.71. The predicted octanol–water partition coefficient (Wildman–Crippen LogP) is 3.05. The van der Waals surface area contributed by atoms with Crippen molar-refractivity contribution in [2.24, 2.45) is 0 Å². The van der Waals surface area contributed by atoms with Gasteiger partial charge in [0.1, 0.15) is 5.75 Å². The molecule has 1 aromatic carbocycles. The Hall–Kier alpha value is -1.01. The minimum Gasteiger partial charge on any atom is -0.508 e. The molecule has 0 aliphatic carbocycles. The number of aliphatic hydroxyl groups is 1. The van der Waals surface area contributed by atoms with E-state index in [9.17, 15) is 10.2 Å². The van der Waals surface area contributed by atoms with Crippen LogP contribution in [0.15, 0.2) is 23.7 Å². The molecule has 21 heavy (non-hydrogen) atoms. The minimum atomic E-state index is -0.624. The maximum Gasteiger partial charge on any atom is 0.492 e.